The molecule has 1 rings (SSSR count). The van der Waals surface area contributed by atoms with E-state index in [1.807, 2.05) is 0 Å². The molecular weight excluding hydrogens is 230 g/mol. The lowest BCUT2D eigenvalue weighted by molar-refractivity contribution is -0.0831. The molecule has 2 N–H and O–H groups in total. The number of hydrogen-bond acceptors (Lipinski definition) is 3. The molecule has 0 aliphatic rings. The number of hydrogen-bond donors (Lipinski definition) is 2. The van der Waals surface area contributed by atoms with Gasteiger partial charge in [0.25, 0.3) is 5.91 Å². The van der Waals surface area contributed by atoms with Gasteiger partial charge in [0.2, 0.25) is 0 Å². The minimum Gasteiger partial charge on any atom is -0.368 e. The van der Waals surface area contributed by atoms with E-state index in [0.717, 1.165) is 0 Å². The molecule has 1 atom stereocenters. The second kappa shape index (κ2) is 6.48. The summed E-state index contributed by atoms with van der Waals surface area (Å²) in [6.07, 6.45) is -0.813. The van der Waals surface area contributed by atoms with Crippen molar-refractivity contribution in [3.8, 4) is 0 Å². The molecule has 1 aromatic carbocycles. The molecule has 0 aromatic heterocycles. The lowest BCUT2D eigenvalue weighted by Crippen LogP contribution is -2.28. The van der Waals surface area contributed by atoms with Gasteiger partial charge in [0.05, 0.1) is 6.61 Å². The third kappa shape index (κ3) is 4.61. The van der Waals surface area contributed by atoms with Crippen molar-refractivity contribution in [3.05, 3.63) is 34.9 Å². The van der Waals surface area contributed by atoms with Gasteiger partial charge in [-0.25, -0.2) is 0 Å². The van der Waals surface area contributed by atoms with Crippen molar-refractivity contribution in [2.75, 3.05) is 13.2 Å². The number of aliphatic hydroxyl groups excluding tert-OH is 1. The maximum absolute atomic E-state index is 11.5. The fraction of sp³-hybridized carbons (Fsp3) is 0.364. The molecule has 1 aromatic rings. The lowest BCUT2D eigenvalue weighted by Gasteiger charge is -2.08. The van der Waals surface area contributed by atoms with Gasteiger partial charge in [-0.2, -0.15) is 0 Å². The van der Waals surface area contributed by atoms with E-state index >= 15 is 0 Å². The molecule has 0 aliphatic carbocycles. The summed E-state index contributed by atoms with van der Waals surface area (Å²) in [7, 11) is 0. The molecule has 88 valence electrons. The third-order valence-corrected chi connectivity index (χ3v) is 2.11. The van der Waals surface area contributed by atoms with Gasteiger partial charge in [-0.05, 0) is 31.2 Å². The number of ether oxygens (including phenoxy) is 1. The molecule has 0 fully saturated rings. The summed E-state index contributed by atoms with van der Waals surface area (Å²) in [6, 6.07) is 6.60. The Kier molecular flexibility index (Phi) is 5.25. The standard InChI is InChI=1S/C11H14ClNO3/c1-8(14)16-7-6-13-11(15)9-2-4-10(12)5-3-9/h2-5,8,14H,6-7H2,1H3,(H,13,15). The van der Waals surface area contributed by atoms with E-state index in [1.54, 1.807) is 24.3 Å². The number of halogens is 1. The average Bonchev–Trinajstić information content (AvgIpc) is 2.25. The van der Waals surface area contributed by atoms with E-state index in [-0.39, 0.29) is 12.5 Å². The monoisotopic (exact) mass is 243 g/mol. The molecule has 0 radical (unpaired) electrons. The van der Waals surface area contributed by atoms with Crippen LogP contribution >= 0.6 is 11.6 Å². The van der Waals surface area contributed by atoms with E-state index in [2.05, 4.69) is 5.32 Å². The normalized spacial score (nSPS) is 12.2. The number of carbonyl (C=O) groups is 1. The Labute approximate surface area is 99.2 Å². The highest BCUT2D eigenvalue weighted by Gasteiger charge is 2.04. The van der Waals surface area contributed by atoms with Gasteiger partial charge in [0.1, 0.15) is 0 Å². The second-order valence-electron chi connectivity index (χ2n) is 3.23. The third-order valence-electron chi connectivity index (χ3n) is 1.85. The lowest BCUT2D eigenvalue weighted by atomic mass is 10.2. The molecule has 0 saturated heterocycles. The smallest absolute Gasteiger partial charge is 0.251 e. The van der Waals surface area contributed by atoms with Gasteiger partial charge in [-0.3, -0.25) is 4.79 Å². The molecule has 0 spiro atoms. The molecule has 0 heterocycles. The predicted molar refractivity (Wildman–Crippen MR) is 61.4 cm³/mol. The van der Waals surface area contributed by atoms with Gasteiger partial charge < -0.3 is 15.2 Å². The highest BCUT2D eigenvalue weighted by molar-refractivity contribution is 6.30. The number of amides is 1. The van der Waals surface area contributed by atoms with Crippen LogP contribution in [0.3, 0.4) is 0 Å². The molecule has 0 bridgehead atoms. The van der Waals surface area contributed by atoms with Crippen molar-refractivity contribution in [2.45, 2.75) is 13.2 Å². The van der Waals surface area contributed by atoms with Crippen molar-refractivity contribution in [1.29, 1.82) is 0 Å². The first-order valence-corrected chi connectivity index (χ1v) is 5.31. The fourth-order valence-electron chi connectivity index (χ4n) is 1.10. The Balaban J connectivity index is 2.32. The zero-order chi connectivity index (χ0) is 12.0. The zero-order valence-corrected chi connectivity index (χ0v) is 9.70. The van der Waals surface area contributed by atoms with E-state index in [0.29, 0.717) is 17.1 Å². The first-order chi connectivity index (χ1) is 7.59. The topological polar surface area (TPSA) is 58.6 Å². The highest BCUT2D eigenvalue weighted by atomic mass is 35.5. The molecule has 1 amide bonds. The van der Waals surface area contributed by atoms with Crippen LogP contribution in [0.1, 0.15) is 17.3 Å². The van der Waals surface area contributed by atoms with Crippen LogP contribution in [-0.4, -0.2) is 30.5 Å². The molecule has 4 nitrogen and oxygen atoms in total. The summed E-state index contributed by atoms with van der Waals surface area (Å²) in [5.74, 6) is -0.189. The Morgan fingerprint density at radius 3 is 2.69 bits per heavy atom. The molecule has 1 unspecified atom stereocenters. The molecule has 0 aliphatic heterocycles. The van der Waals surface area contributed by atoms with Gasteiger partial charge in [-0.15, -0.1) is 0 Å². The van der Waals surface area contributed by atoms with Crippen molar-refractivity contribution >= 4 is 17.5 Å². The minimum atomic E-state index is -0.813. The summed E-state index contributed by atoms with van der Waals surface area (Å²) < 4.78 is 4.87. The Morgan fingerprint density at radius 2 is 2.12 bits per heavy atom. The summed E-state index contributed by atoms with van der Waals surface area (Å²) in [4.78, 5) is 11.5. The number of rotatable bonds is 5. The summed E-state index contributed by atoms with van der Waals surface area (Å²) in [6.45, 7) is 2.14. The Hall–Kier alpha value is -1.10. The van der Waals surface area contributed by atoms with E-state index in [9.17, 15) is 4.79 Å². The quantitative estimate of drug-likeness (QED) is 0.608. The summed E-state index contributed by atoms with van der Waals surface area (Å²) in [5, 5.41) is 12.1. The zero-order valence-electron chi connectivity index (χ0n) is 8.94. The predicted octanol–water partition coefficient (Wildman–Crippen LogP) is 1.42. The van der Waals surface area contributed by atoms with Crippen LogP contribution in [0, 0.1) is 0 Å². The van der Waals surface area contributed by atoms with Crippen LogP contribution in [0.2, 0.25) is 5.02 Å². The van der Waals surface area contributed by atoms with Gasteiger partial charge in [0.15, 0.2) is 6.29 Å². The highest BCUT2D eigenvalue weighted by Crippen LogP contribution is 2.09. The Bertz CT molecular complexity index is 338. The minimum absolute atomic E-state index is 0.189. The van der Waals surface area contributed by atoms with Gasteiger partial charge in [-0.1, -0.05) is 11.6 Å². The molecule has 0 saturated carbocycles. The number of aliphatic hydroxyl groups is 1. The number of benzene rings is 1. The fourth-order valence-corrected chi connectivity index (χ4v) is 1.22. The van der Waals surface area contributed by atoms with Crippen LogP contribution in [-0.2, 0) is 4.74 Å². The van der Waals surface area contributed by atoms with E-state index < -0.39 is 6.29 Å². The first kappa shape index (κ1) is 13.0. The summed E-state index contributed by atoms with van der Waals surface area (Å²) in [5.41, 5.74) is 0.543. The largest absolute Gasteiger partial charge is 0.368 e. The molecule has 5 heteroatoms. The number of nitrogens with one attached hydrogen (secondary N) is 1. The number of carbonyl (C=O) groups excluding carboxylic acids is 1. The van der Waals surface area contributed by atoms with E-state index in [1.165, 1.54) is 6.92 Å². The van der Waals surface area contributed by atoms with Crippen molar-refractivity contribution < 1.29 is 14.6 Å². The maximum atomic E-state index is 11.5. The average molecular weight is 244 g/mol. The van der Waals surface area contributed by atoms with Crippen LogP contribution in [0.25, 0.3) is 0 Å². The van der Waals surface area contributed by atoms with Crippen molar-refractivity contribution in [3.63, 3.8) is 0 Å². The summed E-state index contributed by atoms with van der Waals surface area (Å²) >= 11 is 5.70. The Morgan fingerprint density at radius 1 is 1.50 bits per heavy atom. The second-order valence-corrected chi connectivity index (χ2v) is 3.67. The van der Waals surface area contributed by atoms with Crippen LogP contribution < -0.4 is 5.32 Å². The SMILES string of the molecule is CC(O)OCCNC(=O)c1ccc(Cl)cc1. The van der Waals surface area contributed by atoms with E-state index in [4.69, 9.17) is 21.4 Å². The van der Waals surface area contributed by atoms with Crippen LogP contribution in [0.5, 0.6) is 0 Å². The molecule has 16 heavy (non-hydrogen) atoms. The van der Waals surface area contributed by atoms with Gasteiger partial charge in [0, 0.05) is 17.1 Å². The van der Waals surface area contributed by atoms with Crippen LogP contribution in [0.4, 0.5) is 0 Å². The van der Waals surface area contributed by atoms with Crippen molar-refractivity contribution in [1.82, 2.24) is 5.32 Å². The van der Waals surface area contributed by atoms with Crippen molar-refractivity contribution in [2.24, 2.45) is 0 Å². The van der Waals surface area contributed by atoms with Crippen LogP contribution in [0.15, 0.2) is 24.3 Å². The van der Waals surface area contributed by atoms with Gasteiger partial charge >= 0.3 is 0 Å². The maximum Gasteiger partial charge on any atom is 0.251 e. The molecular formula is C11H14ClNO3. The first-order valence-electron chi connectivity index (χ1n) is 4.93.